The standard InChI is InChI=1S/C20H21ClN4O3S/c1-14-8-10-16(11-9-14)29(27,28)25(3)20-17(13-23-24(20)2)19(26)22-12-15-6-4-5-7-18(15)21/h4-11,13H,12H2,1-3H3,(H,22,26). The van der Waals surface area contributed by atoms with Crippen molar-refractivity contribution in [1.29, 1.82) is 0 Å². The fourth-order valence-electron chi connectivity index (χ4n) is 2.86. The van der Waals surface area contributed by atoms with E-state index in [1.807, 2.05) is 13.0 Å². The monoisotopic (exact) mass is 432 g/mol. The molecule has 0 spiro atoms. The van der Waals surface area contributed by atoms with Gasteiger partial charge in [0.05, 0.1) is 11.1 Å². The lowest BCUT2D eigenvalue weighted by Crippen LogP contribution is -2.31. The zero-order valence-corrected chi connectivity index (χ0v) is 17.8. The number of rotatable bonds is 6. The number of carbonyl (C=O) groups is 1. The van der Waals surface area contributed by atoms with Crippen LogP contribution in [-0.4, -0.2) is 31.2 Å². The molecule has 0 saturated heterocycles. The molecule has 9 heteroatoms. The van der Waals surface area contributed by atoms with E-state index in [0.717, 1.165) is 15.4 Å². The Morgan fingerprint density at radius 1 is 1.17 bits per heavy atom. The maximum Gasteiger partial charge on any atom is 0.265 e. The molecule has 0 radical (unpaired) electrons. The van der Waals surface area contributed by atoms with E-state index in [4.69, 9.17) is 11.6 Å². The van der Waals surface area contributed by atoms with Gasteiger partial charge in [0.25, 0.3) is 15.9 Å². The number of nitrogens with zero attached hydrogens (tertiary/aromatic N) is 3. The average molecular weight is 433 g/mol. The maximum atomic E-state index is 13.0. The average Bonchev–Trinajstić information content (AvgIpc) is 3.08. The number of hydrogen-bond acceptors (Lipinski definition) is 4. The summed E-state index contributed by atoms with van der Waals surface area (Å²) in [5, 5.41) is 7.38. The van der Waals surface area contributed by atoms with Crippen LogP contribution in [0, 0.1) is 6.92 Å². The van der Waals surface area contributed by atoms with Gasteiger partial charge in [0.1, 0.15) is 5.56 Å². The van der Waals surface area contributed by atoms with Gasteiger partial charge in [-0.05, 0) is 30.7 Å². The molecular weight excluding hydrogens is 412 g/mol. The first kappa shape index (κ1) is 20.9. The molecule has 0 atom stereocenters. The van der Waals surface area contributed by atoms with Crippen molar-refractivity contribution >= 4 is 33.3 Å². The van der Waals surface area contributed by atoms with Crippen LogP contribution >= 0.6 is 11.6 Å². The molecule has 0 unspecified atom stereocenters. The Labute approximate surface area is 175 Å². The molecule has 7 nitrogen and oxygen atoms in total. The lowest BCUT2D eigenvalue weighted by molar-refractivity contribution is 0.0951. The first-order valence-electron chi connectivity index (χ1n) is 8.81. The highest BCUT2D eigenvalue weighted by Crippen LogP contribution is 2.25. The van der Waals surface area contributed by atoms with Crippen LogP contribution in [0.4, 0.5) is 5.82 Å². The number of halogens is 1. The predicted octanol–water partition coefficient (Wildman–Crippen LogP) is 3.14. The van der Waals surface area contributed by atoms with Gasteiger partial charge < -0.3 is 5.32 Å². The number of amides is 1. The third kappa shape index (κ3) is 4.28. The van der Waals surface area contributed by atoms with Crippen LogP contribution in [0.3, 0.4) is 0 Å². The Hall–Kier alpha value is -2.84. The SMILES string of the molecule is Cc1ccc(S(=O)(=O)N(C)c2c(C(=O)NCc3ccccc3Cl)cnn2C)cc1. The molecule has 3 rings (SSSR count). The fraction of sp³-hybridized carbons (Fsp3) is 0.200. The van der Waals surface area contributed by atoms with Crippen molar-refractivity contribution in [1.82, 2.24) is 15.1 Å². The molecule has 2 aromatic carbocycles. The number of nitrogens with one attached hydrogen (secondary N) is 1. The van der Waals surface area contributed by atoms with Crippen LogP contribution in [0.2, 0.25) is 5.02 Å². The van der Waals surface area contributed by atoms with Crippen LogP contribution in [0.5, 0.6) is 0 Å². The molecule has 0 fully saturated rings. The van der Waals surface area contributed by atoms with Gasteiger partial charge in [-0.3, -0.25) is 13.8 Å². The van der Waals surface area contributed by atoms with Crippen LogP contribution in [0.1, 0.15) is 21.5 Å². The highest BCUT2D eigenvalue weighted by atomic mass is 35.5. The van der Waals surface area contributed by atoms with Crippen molar-refractivity contribution in [3.8, 4) is 0 Å². The van der Waals surface area contributed by atoms with Gasteiger partial charge in [0.2, 0.25) is 0 Å². The minimum absolute atomic E-state index is 0.134. The molecule has 0 aliphatic carbocycles. The molecular formula is C20H21ClN4O3S. The zero-order chi connectivity index (χ0) is 21.2. The molecule has 152 valence electrons. The summed E-state index contributed by atoms with van der Waals surface area (Å²) in [5.74, 6) is -0.277. The van der Waals surface area contributed by atoms with Crippen LogP contribution in [0.25, 0.3) is 0 Å². The third-order valence-electron chi connectivity index (χ3n) is 4.53. The summed E-state index contributed by atoms with van der Waals surface area (Å²) in [7, 11) is -0.875. The second-order valence-corrected chi connectivity index (χ2v) is 8.94. The summed E-state index contributed by atoms with van der Waals surface area (Å²) >= 11 is 6.12. The highest BCUT2D eigenvalue weighted by molar-refractivity contribution is 7.92. The Morgan fingerprint density at radius 2 is 1.83 bits per heavy atom. The van der Waals surface area contributed by atoms with Crippen molar-refractivity contribution in [2.45, 2.75) is 18.4 Å². The summed E-state index contributed by atoms with van der Waals surface area (Å²) < 4.78 is 28.5. The van der Waals surface area contributed by atoms with E-state index in [2.05, 4.69) is 10.4 Å². The fourth-order valence-corrected chi connectivity index (χ4v) is 4.30. The molecule has 0 aliphatic heterocycles. The van der Waals surface area contributed by atoms with E-state index < -0.39 is 15.9 Å². The lowest BCUT2D eigenvalue weighted by Gasteiger charge is -2.21. The molecule has 29 heavy (non-hydrogen) atoms. The van der Waals surface area contributed by atoms with E-state index >= 15 is 0 Å². The summed E-state index contributed by atoms with van der Waals surface area (Å²) in [6.45, 7) is 2.09. The molecule has 0 bridgehead atoms. The molecule has 0 aliphatic rings. The van der Waals surface area contributed by atoms with Gasteiger partial charge in [-0.2, -0.15) is 5.10 Å². The van der Waals surface area contributed by atoms with Crippen LogP contribution in [-0.2, 0) is 23.6 Å². The van der Waals surface area contributed by atoms with E-state index in [9.17, 15) is 13.2 Å². The highest BCUT2D eigenvalue weighted by Gasteiger charge is 2.28. The van der Waals surface area contributed by atoms with Crippen molar-refractivity contribution in [2.75, 3.05) is 11.4 Å². The third-order valence-corrected chi connectivity index (χ3v) is 6.66. The molecule has 1 aromatic heterocycles. The lowest BCUT2D eigenvalue weighted by atomic mass is 10.2. The Balaban J connectivity index is 1.87. The summed E-state index contributed by atoms with van der Waals surface area (Å²) in [6.07, 6.45) is 1.35. The normalized spacial score (nSPS) is 11.3. The van der Waals surface area contributed by atoms with E-state index in [1.54, 1.807) is 37.4 Å². The predicted molar refractivity (Wildman–Crippen MR) is 113 cm³/mol. The van der Waals surface area contributed by atoms with Gasteiger partial charge in [0, 0.05) is 25.7 Å². The molecule has 3 aromatic rings. The Morgan fingerprint density at radius 3 is 2.48 bits per heavy atom. The van der Waals surface area contributed by atoms with Gasteiger partial charge in [-0.1, -0.05) is 47.5 Å². The molecule has 0 saturated carbocycles. The van der Waals surface area contributed by atoms with E-state index in [-0.39, 0.29) is 22.8 Å². The van der Waals surface area contributed by atoms with Crippen LogP contribution in [0.15, 0.2) is 59.6 Å². The molecule has 1 heterocycles. The zero-order valence-electron chi connectivity index (χ0n) is 16.3. The topological polar surface area (TPSA) is 84.3 Å². The first-order valence-corrected chi connectivity index (χ1v) is 10.6. The molecule has 1 amide bonds. The molecule has 1 N–H and O–H groups in total. The number of aryl methyl sites for hydroxylation is 2. The largest absolute Gasteiger partial charge is 0.348 e. The summed E-state index contributed by atoms with van der Waals surface area (Å²) in [4.78, 5) is 12.9. The van der Waals surface area contributed by atoms with Gasteiger partial charge in [-0.15, -0.1) is 0 Å². The van der Waals surface area contributed by atoms with Crippen LogP contribution < -0.4 is 9.62 Å². The van der Waals surface area contributed by atoms with E-state index in [0.29, 0.717) is 5.02 Å². The second kappa shape index (κ2) is 8.26. The number of carbonyl (C=O) groups excluding carboxylic acids is 1. The summed E-state index contributed by atoms with van der Waals surface area (Å²) in [5.41, 5.74) is 1.86. The number of sulfonamides is 1. The van der Waals surface area contributed by atoms with Gasteiger partial charge >= 0.3 is 0 Å². The van der Waals surface area contributed by atoms with Gasteiger partial charge in [0.15, 0.2) is 5.82 Å². The Bertz CT molecular complexity index is 1140. The van der Waals surface area contributed by atoms with Crippen molar-refractivity contribution in [3.63, 3.8) is 0 Å². The van der Waals surface area contributed by atoms with E-state index in [1.165, 1.54) is 30.1 Å². The number of benzene rings is 2. The summed E-state index contributed by atoms with van der Waals surface area (Å²) in [6, 6.07) is 13.7. The number of anilines is 1. The van der Waals surface area contributed by atoms with Crippen molar-refractivity contribution in [2.24, 2.45) is 7.05 Å². The minimum Gasteiger partial charge on any atom is -0.348 e. The number of hydrogen-bond donors (Lipinski definition) is 1. The number of aromatic nitrogens is 2. The maximum absolute atomic E-state index is 13.0. The smallest absolute Gasteiger partial charge is 0.265 e. The van der Waals surface area contributed by atoms with Crippen molar-refractivity contribution in [3.05, 3.63) is 76.4 Å². The van der Waals surface area contributed by atoms with Crippen molar-refractivity contribution < 1.29 is 13.2 Å². The second-order valence-electron chi connectivity index (χ2n) is 6.57. The van der Waals surface area contributed by atoms with Gasteiger partial charge in [-0.25, -0.2) is 8.42 Å². The quantitative estimate of drug-likeness (QED) is 0.648. The first-order chi connectivity index (χ1) is 13.7. The Kier molecular flexibility index (Phi) is 5.95. The minimum atomic E-state index is -3.86.